The van der Waals surface area contributed by atoms with Crippen molar-refractivity contribution >= 4 is 5.91 Å². The average Bonchev–Trinajstić information content (AvgIpc) is 2.59. The minimum absolute atomic E-state index is 0.0156. The maximum Gasteiger partial charge on any atom is 0.416 e. The Balaban J connectivity index is 2.08. The van der Waals surface area contributed by atoms with Gasteiger partial charge in [-0.3, -0.25) is 4.79 Å². The SMILES string of the molecule is CCOc1ccc(C(=O)NCc2cccc(C(F)(F)F)c2)cc1OC. The third-order valence-corrected chi connectivity index (χ3v) is 3.43. The van der Waals surface area contributed by atoms with Gasteiger partial charge in [-0.25, -0.2) is 0 Å². The molecule has 0 spiro atoms. The maximum absolute atomic E-state index is 12.7. The minimum atomic E-state index is -4.41. The van der Waals surface area contributed by atoms with Gasteiger partial charge in [-0.2, -0.15) is 13.2 Å². The fourth-order valence-electron chi connectivity index (χ4n) is 2.23. The highest BCUT2D eigenvalue weighted by atomic mass is 19.4. The van der Waals surface area contributed by atoms with Crippen molar-refractivity contribution in [1.82, 2.24) is 5.32 Å². The zero-order chi connectivity index (χ0) is 18.4. The molecule has 0 radical (unpaired) electrons. The van der Waals surface area contributed by atoms with Crippen molar-refractivity contribution in [3.8, 4) is 11.5 Å². The lowest BCUT2D eigenvalue weighted by atomic mass is 10.1. The zero-order valence-corrected chi connectivity index (χ0v) is 13.8. The van der Waals surface area contributed by atoms with E-state index < -0.39 is 17.6 Å². The number of nitrogens with one attached hydrogen (secondary N) is 1. The molecular formula is C18H18F3NO3. The van der Waals surface area contributed by atoms with E-state index in [1.54, 1.807) is 12.1 Å². The van der Waals surface area contributed by atoms with Crippen LogP contribution in [-0.4, -0.2) is 19.6 Å². The van der Waals surface area contributed by atoms with Gasteiger partial charge in [-0.1, -0.05) is 12.1 Å². The standard InChI is InChI=1S/C18H18F3NO3/c1-3-25-15-8-7-13(10-16(15)24-2)17(23)22-11-12-5-4-6-14(9-12)18(19,20)21/h4-10H,3,11H2,1-2H3,(H,22,23). The van der Waals surface area contributed by atoms with Gasteiger partial charge in [0.25, 0.3) is 5.91 Å². The molecule has 4 nitrogen and oxygen atoms in total. The summed E-state index contributed by atoms with van der Waals surface area (Å²) in [7, 11) is 1.46. The van der Waals surface area contributed by atoms with Crippen LogP contribution in [0.5, 0.6) is 11.5 Å². The number of benzene rings is 2. The monoisotopic (exact) mass is 353 g/mol. The normalized spacial score (nSPS) is 11.1. The molecule has 134 valence electrons. The Morgan fingerprint density at radius 1 is 1.12 bits per heavy atom. The second kappa shape index (κ2) is 7.92. The van der Waals surface area contributed by atoms with Gasteiger partial charge >= 0.3 is 6.18 Å². The fraction of sp³-hybridized carbons (Fsp3) is 0.278. The smallest absolute Gasteiger partial charge is 0.416 e. The lowest BCUT2D eigenvalue weighted by Gasteiger charge is -2.12. The third-order valence-electron chi connectivity index (χ3n) is 3.43. The number of alkyl halides is 3. The Kier molecular flexibility index (Phi) is 5.90. The third kappa shape index (κ3) is 4.89. The van der Waals surface area contributed by atoms with Crippen molar-refractivity contribution in [3.63, 3.8) is 0 Å². The number of hydrogen-bond acceptors (Lipinski definition) is 3. The molecule has 0 saturated carbocycles. The van der Waals surface area contributed by atoms with Crippen LogP contribution in [0.4, 0.5) is 13.2 Å². The van der Waals surface area contributed by atoms with Crippen LogP contribution < -0.4 is 14.8 Å². The molecule has 0 atom stereocenters. The molecule has 0 aliphatic heterocycles. The summed E-state index contributed by atoms with van der Waals surface area (Å²) in [6.07, 6.45) is -4.41. The summed E-state index contributed by atoms with van der Waals surface area (Å²) >= 11 is 0. The molecule has 0 heterocycles. The Bertz CT molecular complexity index is 745. The van der Waals surface area contributed by atoms with Crippen LogP contribution >= 0.6 is 0 Å². The van der Waals surface area contributed by atoms with Crippen LogP contribution in [0.1, 0.15) is 28.4 Å². The van der Waals surface area contributed by atoms with Gasteiger partial charge in [0, 0.05) is 12.1 Å². The largest absolute Gasteiger partial charge is 0.493 e. The second-order valence-corrected chi connectivity index (χ2v) is 5.18. The molecule has 2 rings (SSSR count). The van der Waals surface area contributed by atoms with Gasteiger partial charge in [0.05, 0.1) is 19.3 Å². The molecule has 1 amide bonds. The molecular weight excluding hydrogens is 335 g/mol. The first kappa shape index (κ1) is 18.6. The first-order chi connectivity index (χ1) is 11.8. The maximum atomic E-state index is 12.7. The van der Waals surface area contributed by atoms with Gasteiger partial charge in [0.2, 0.25) is 0 Å². The molecule has 0 saturated heterocycles. The number of amides is 1. The molecule has 0 aliphatic carbocycles. The predicted molar refractivity (Wildman–Crippen MR) is 86.8 cm³/mol. The van der Waals surface area contributed by atoms with Crippen molar-refractivity contribution in [2.45, 2.75) is 19.6 Å². The van der Waals surface area contributed by atoms with E-state index in [0.29, 0.717) is 29.2 Å². The topological polar surface area (TPSA) is 47.6 Å². The minimum Gasteiger partial charge on any atom is -0.493 e. The Morgan fingerprint density at radius 3 is 2.52 bits per heavy atom. The molecule has 0 unspecified atom stereocenters. The van der Waals surface area contributed by atoms with Gasteiger partial charge in [0.1, 0.15) is 0 Å². The van der Waals surface area contributed by atoms with Crippen LogP contribution in [0.15, 0.2) is 42.5 Å². The van der Waals surface area contributed by atoms with E-state index in [4.69, 9.17) is 9.47 Å². The van der Waals surface area contributed by atoms with Crippen molar-refractivity contribution in [2.24, 2.45) is 0 Å². The van der Waals surface area contributed by atoms with Crippen LogP contribution in [0, 0.1) is 0 Å². The molecule has 2 aromatic rings. The van der Waals surface area contributed by atoms with Crippen LogP contribution in [0.25, 0.3) is 0 Å². The summed E-state index contributed by atoms with van der Waals surface area (Å²) in [5.41, 5.74) is -0.0599. The molecule has 0 fully saturated rings. The van der Waals surface area contributed by atoms with Gasteiger partial charge in [-0.05, 0) is 42.8 Å². The Labute approximate surface area is 143 Å². The van der Waals surface area contributed by atoms with Crippen molar-refractivity contribution < 1.29 is 27.4 Å². The molecule has 7 heteroatoms. The van der Waals surface area contributed by atoms with E-state index in [9.17, 15) is 18.0 Å². The van der Waals surface area contributed by atoms with E-state index in [0.717, 1.165) is 12.1 Å². The molecule has 0 aromatic heterocycles. The fourth-order valence-corrected chi connectivity index (χ4v) is 2.23. The number of carbonyl (C=O) groups is 1. The molecule has 2 aromatic carbocycles. The summed E-state index contributed by atoms with van der Waals surface area (Å²) in [6, 6.07) is 9.53. The quantitative estimate of drug-likeness (QED) is 0.853. The lowest BCUT2D eigenvalue weighted by Crippen LogP contribution is -2.23. The highest BCUT2D eigenvalue weighted by molar-refractivity contribution is 5.94. The summed E-state index contributed by atoms with van der Waals surface area (Å²) in [5.74, 6) is 0.506. The number of ether oxygens (including phenoxy) is 2. The van der Waals surface area contributed by atoms with Crippen molar-refractivity contribution in [1.29, 1.82) is 0 Å². The average molecular weight is 353 g/mol. The Morgan fingerprint density at radius 2 is 1.88 bits per heavy atom. The number of rotatable bonds is 6. The van der Waals surface area contributed by atoms with Gasteiger partial charge in [0.15, 0.2) is 11.5 Å². The first-order valence-corrected chi connectivity index (χ1v) is 7.60. The molecule has 0 aliphatic rings. The van der Waals surface area contributed by atoms with E-state index >= 15 is 0 Å². The highest BCUT2D eigenvalue weighted by Crippen LogP contribution is 2.30. The van der Waals surface area contributed by atoms with E-state index in [2.05, 4.69) is 5.32 Å². The second-order valence-electron chi connectivity index (χ2n) is 5.18. The van der Waals surface area contributed by atoms with Crippen LogP contribution in [0.3, 0.4) is 0 Å². The van der Waals surface area contributed by atoms with E-state index in [1.807, 2.05) is 6.92 Å². The van der Waals surface area contributed by atoms with E-state index in [-0.39, 0.29) is 6.54 Å². The van der Waals surface area contributed by atoms with Crippen LogP contribution in [0.2, 0.25) is 0 Å². The van der Waals surface area contributed by atoms with Crippen molar-refractivity contribution in [3.05, 3.63) is 59.2 Å². The van der Waals surface area contributed by atoms with Gasteiger partial charge in [-0.15, -0.1) is 0 Å². The van der Waals surface area contributed by atoms with E-state index in [1.165, 1.54) is 25.3 Å². The highest BCUT2D eigenvalue weighted by Gasteiger charge is 2.30. The summed E-state index contributed by atoms with van der Waals surface area (Å²) in [6.45, 7) is 2.27. The number of halogens is 3. The zero-order valence-electron chi connectivity index (χ0n) is 13.8. The number of methoxy groups -OCH3 is 1. The predicted octanol–water partition coefficient (Wildman–Crippen LogP) is 4.04. The number of carbonyl (C=O) groups excluding carboxylic acids is 1. The molecule has 0 bridgehead atoms. The first-order valence-electron chi connectivity index (χ1n) is 7.60. The summed E-state index contributed by atoms with van der Waals surface area (Å²) < 4.78 is 48.7. The number of hydrogen-bond donors (Lipinski definition) is 1. The summed E-state index contributed by atoms with van der Waals surface area (Å²) in [4.78, 5) is 12.2. The molecule has 1 N–H and O–H groups in total. The lowest BCUT2D eigenvalue weighted by molar-refractivity contribution is -0.137. The van der Waals surface area contributed by atoms with Gasteiger partial charge < -0.3 is 14.8 Å². The Hall–Kier alpha value is -2.70. The summed E-state index contributed by atoms with van der Waals surface area (Å²) in [5, 5.41) is 2.59. The van der Waals surface area contributed by atoms with Crippen LogP contribution in [-0.2, 0) is 12.7 Å². The molecule has 25 heavy (non-hydrogen) atoms. The van der Waals surface area contributed by atoms with Crippen molar-refractivity contribution in [2.75, 3.05) is 13.7 Å².